The number of rotatable bonds is 1. The van der Waals surface area contributed by atoms with E-state index in [-0.39, 0.29) is 0 Å². The monoisotopic (exact) mass is 345 g/mol. The van der Waals surface area contributed by atoms with Gasteiger partial charge in [0.15, 0.2) is 0 Å². The van der Waals surface area contributed by atoms with Crippen molar-refractivity contribution in [3.05, 3.63) is 27.7 Å². The van der Waals surface area contributed by atoms with Gasteiger partial charge in [-0.3, -0.25) is 9.59 Å². The average molecular weight is 347 g/mol. The quantitative estimate of drug-likeness (QED) is 0.757. The minimum Gasteiger partial charge on any atom is -0.332 e. The molecule has 0 unspecified atom stereocenters. The molecule has 1 aliphatic heterocycles. The van der Waals surface area contributed by atoms with Crippen LogP contribution in [0, 0.1) is 0 Å². The summed E-state index contributed by atoms with van der Waals surface area (Å²) in [6.45, 7) is 2.49. The SMILES string of the molecule is O=C(Nc1cc(Br)ccc1Cl)C(=O)N1CCNCC1. The van der Waals surface area contributed by atoms with E-state index in [9.17, 15) is 9.59 Å². The number of benzene rings is 1. The van der Waals surface area contributed by atoms with E-state index >= 15 is 0 Å². The number of carbonyl (C=O) groups is 2. The van der Waals surface area contributed by atoms with Crippen molar-refractivity contribution in [1.82, 2.24) is 10.2 Å². The van der Waals surface area contributed by atoms with Crippen LogP contribution in [0.5, 0.6) is 0 Å². The van der Waals surface area contributed by atoms with Gasteiger partial charge in [-0.15, -0.1) is 0 Å². The molecule has 1 saturated heterocycles. The van der Waals surface area contributed by atoms with E-state index in [1.54, 1.807) is 18.2 Å². The number of nitrogens with zero attached hydrogens (tertiary/aromatic N) is 1. The van der Waals surface area contributed by atoms with E-state index in [1.165, 1.54) is 4.90 Å². The zero-order valence-corrected chi connectivity index (χ0v) is 12.4. The van der Waals surface area contributed by atoms with Gasteiger partial charge in [0.05, 0.1) is 10.7 Å². The number of piperazine rings is 1. The van der Waals surface area contributed by atoms with Crippen LogP contribution in [-0.4, -0.2) is 42.9 Å². The van der Waals surface area contributed by atoms with Gasteiger partial charge in [0, 0.05) is 30.7 Å². The summed E-state index contributed by atoms with van der Waals surface area (Å²) in [7, 11) is 0. The molecule has 102 valence electrons. The molecule has 2 amide bonds. The van der Waals surface area contributed by atoms with Crippen molar-refractivity contribution >= 4 is 45.0 Å². The van der Waals surface area contributed by atoms with Crippen molar-refractivity contribution in [2.45, 2.75) is 0 Å². The Morgan fingerprint density at radius 2 is 2.00 bits per heavy atom. The number of nitrogens with one attached hydrogen (secondary N) is 2. The Kier molecular flexibility index (Phi) is 4.79. The van der Waals surface area contributed by atoms with Gasteiger partial charge in [-0.1, -0.05) is 27.5 Å². The number of halogens is 2. The van der Waals surface area contributed by atoms with Gasteiger partial charge in [0.2, 0.25) is 0 Å². The largest absolute Gasteiger partial charge is 0.332 e. The predicted molar refractivity (Wildman–Crippen MR) is 77.2 cm³/mol. The van der Waals surface area contributed by atoms with Crippen molar-refractivity contribution in [3.8, 4) is 0 Å². The van der Waals surface area contributed by atoms with Gasteiger partial charge in [0.1, 0.15) is 0 Å². The van der Waals surface area contributed by atoms with Gasteiger partial charge in [-0.25, -0.2) is 0 Å². The minimum atomic E-state index is -0.665. The highest BCUT2D eigenvalue weighted by Gasteiger charge is 2.23. The number of carbonyl (C=O) groups excluding carboxylic acids is 2. The summed E-state index contributed by atoms with van der Waals surface area (Å²) in [6.07, 6.45) is 0. The van der Waals surface area contributed by atoms with E-state index in [1.807, 2.05) is 0 Å². The lowest BCUT2D eigenvalue weighted by Gasteiger charge is -2.26. The maximum Gasteiger partial charge on any atom is 0.313 e. The molecule has 1 fully saturated rings. The molecular formula is C12H13BrClN3O2. The number of hydrogen-bond donors (Lipinski definition) is 2. The second-order valence-corrected chi connectivity index (χ2v) is 5.44. The summed E-state index contributed by atoms with van der Waals surface area (Å²) in [6, 6.07) is 5.07. The van der Waals surface area contributed by atoms with Crippen LogP contribution in [0.1, 0.15) is 0 Å². The van der Waals surface area contributed by atoms with Crippen LogP contribution in [0.3, 0.4) is 0 Å². The first-order valence-electron chi connectivity index (χ1n) is 5.84. The molecule has 0 saturated carbocycles. The Labute approximate surface area is 124 Å². The molecule has 0 aliphatic carbocycles. The van der Waals surface area contributed by atoms with Gasteiger partial charge in [0.25, 0.3) is 0 Å². The molecule has 7 heteroatoms. The number of amides is 2. The van der Waals surface area contributed by atoms with Crippen LogP contribution in [0.15, 0.2) is 22.7 Å². The van der Waals surface area contributed by atoms with Crippen LogP contribution in [0.4, 0.5) is 5.69 Å². The molecule has 5 nitrogen and oxygen atoms in total. The van der Waals surface area contributed by atoms with E-state index in [4.69, 9.17) is 11.6 Å². The minimum absolute atomic E-state index is 0.393. The summed E-state index contributed by atoms with van der Waals surface area (Å²) in [5.74, 6) is -1.19. The van der Waals surface area contributed by atoms with E-state index in [0.29, 0.717) is 36.9 Å². The van der Waals surface area contributed by atoms with Gasteiger partial charge < -0.3 is 15.5 Å². The molecular weight excluding hydrogens is 334 g/mol. The fourth-order valence-electron chi connectivity index (χ4n) is 1.78. The second-order valence-electron chi connectivity index (χ2n) is 4.12. The van der Waals surface area contributed by atoms with Crippen LogP contribution >= 0.6 is 27.5 Å². The first-order valence-corrected chi connectivity index (χ1v) is 7.01. The highest BCUT2D eigenvalue weighted by Crippen LogP contribution is 2.25. The number of hydrogen-bond acceptors (Lipinski definition) is 3. The van der Waals surface area contributed by atoms with Crippen molar-refractivity contribution in [1.29, 1.82) is 0 Å². The van der Waals surface area contributed by atoms with Crippen LogP contribution in [0.25, 0.3) is 0 Å². The summed E-state index contributed by atoms with van der Waals surface area (Å²) < 4.78 is 0.779. The summed E-state index contributed by atoms with van der Waals surface area (Å²) >= 11 is 9.25. The molecule has 19 heavy (non-hydrogen) atoms. The molecule has 2 N–H and O–H groups in total. The van der Waals surface area contributed by atoms with Gasteiger partial charge in [-0.05, 0) is 18.2 Å². The first-order chi connectivity index (χ1) is 9.08. The van der Waals surface area contributed by atoms with Crippen molar-refractivity contribution in [2.75, 3.05) is 31.5 Å². The van der Waals surface area contributed by atoms with Crippen LogP contribution in [0.2, 0.25) is 5.02 Å². The van der Waals surface area contributed by atoms with E-state index in [0.717, 1.165) is 4.47 Å². The topological polar surface area (TPSA) is 61.4 Å². The lowest BCUT2D eigenvalue weighted by Crippen LogP contribution is -2.49. The molecule has 1 heterocycles. The normalized spacial score (nSPS) is 15.2. The molecule has 2 rings (SSSR count). The van der Waals surface area contributed by atoms with Crippen LogP contribution in [-0.2, 0) is 9.59 Å². The third-order valence-corrected chi connectivity index (χ3v) is 3.60. The third-order valence-electron chi connectivity index (χ3n) is 2.78. The number of anilines is 1. The Morgan fingerprint density at radius 3 is 2.68 bits per heavy atom. The predicted octanol–water partition coefficient (Wildman–Crippen LogP) is 1.47. The Bertz CT molecular complexity index is 504. The third kappa shape index (κ3) is 3.68. The molecule has 1 aromatic carbocycles. The van der Waals surface area contributed by atoms with Crippen molar-refractivity contribution < 1.29 is 9.59 Å². The molecule has 1 aromatic rings. The lowest BCUT2D eigenvalue weighted by atomic mass is 10.3. The first kappa shape index (κ1) is 14.3. The highest BCUT2D eigenvalue weighted by atomic mass is 79.9. The van der Waals surface area contributed by atoms with Crippen molar-refractivity contribution in [3.63, 3.8) is 0 Å². The maximum absolute atomic E-state index is 11.9. The molecule has 0 bridgehead atoms. The molecule has 0 atom stereocenters. The Balaban J connectivity index is 2.03. The van der Waals surface area contributed by atoms with Crippen molar-refractivity contribution in [2.24, 2.45) is 0 Å². The molecule has 1 aliphatic rings. The zero-order valence-electron chi connectivity index (χ0n) is 10.1. The maximum atomic E-state index is 11.9. The summed E-state index contributed by atoms with van der Waals surface area (Å²) in [4.78, 5) is 25.3. The Hall–Kier alpha value is -1.11. The fraction of sp³-hybridized carbons (Fsp3) is 0.333. The average Bonchev–Trinajstić information content (AvgIpc) is 2.43. The highest BCUT2D eigenvalue weighted by molar-refractivity contribution is 9.10. The summed E-state index contributed by atoms with van der Waals surface area (Å²) in [5.41, 5.74) is 0.421. The molecule has 0 radical (unpaired) electrons. The van der Waals surface area contributed by atoms with E-state index in [2.05, 4.69) is 26.6 Å². The smallest absolute Gasteiger partial charge is 0.313 e. The molecule has 0 aromatic heterocycles. The van der Waals surface area contributed by atoms with Gasteiger partial charge in [-0.2, -0.15) is 0 Å². The Morgan fingerprint density at radius 1 is 1.32 bits per heavy atom. The molecule has 0 spiro atoms. The zero-order chi connectivity index (χ0) is 13.8. The second kappa shape index (κ2) is 6.36. The van der Waals surface area contributed by atoms with Gasteiger partial charge >= 0.3 is 11.8 Å². The summed E-state index contributed by atoms with van der Waals surface area (Å²) in [5, 5.41) is 6.05. The standard InChI is InChI=1S/C12H13BrClN3O2/c13-8-1-2-9(14)10(7-8)16-11(18)12(19)17-5-3-15-4-6-17/h1-2,7,15H,3-6H2,(H,16,18). The lowest BCUT2D eigenvalue weighted by molar-refractivity contribution is -0.143. The van der Waals surface area contributed by atoms with E-state index < -0.39 is 11.8 Å². The van der Waals surface area contributed by atoms with Crippen LogP contribution < -0.4 is 10.6 Å². The fourth-order valence-corrected chi connectivity index (χ4v) is 2.31.